The van der Waals surface area contributed by atoms with E-state index in [1.54, 1.807) is 7.11 Å². The summed E-state index contributed by atoms with van der Waals surface area (Å²) in [6.07, 6.45) is 0.943. The molecule has 0 aromatic heterocycles. The van der Waals surface area contributed by atoms with Crippen LogP contribution in [0.2, 0.25) is 0 Å². The van der Waals surface area contributed by atoms with Gasteiger partial charge in [-0.15, -0.1) is 0 Å². The predicted molar refractivity (Wildman–Crippen MR) is 79.0 cm³/mol. The van der Waals surface area contributed by atoms with Crippen molar-refractivity contribution in [1.82, 2.24) is 10.2 Å². The number of rotatable bonds is 4. The maximum atomic E-state index is 12.3. The maximum absolute atomic E-state index is 12.3. The molecule has 2 saturated heterocycles. The van der Waals surface area contributed by atoms with E-state index in [0.717, 1.165) is 30.9 Å². The molecule has 1 aromatic rings. The fourth-order valence-electron chi connectivity index (χ4n) is 3.23. The Kier molecular flexibility index (Phi) is 4.12. The van der Waals surface area contributed by atoms with Gasteiger partial charge in [-0.2, -0.15) is 0 Å². The lowest BCUT2D eigenvalue weighted by atomic mass is 9.98. The highest BCUT2D eigenvalue weighted by molar-refractivity contribution is 5.81. The molecule has 2 aliphatic rings. The van der Waals surface area contributed by atoms with Crippen molar-refractivity contribution in [1.29, 1.82) is 0 Å². The highest BCUT2D eigenvalue weighted by atomic mass is 16.5. The number of hydrogen-bond acceptors (Lipinski definition) is 4. The van der Waals surface area contributed by atoms with Crippen molar-refractivity contribution in [3.63, 3.8) is 0 Å². The third-order valence-electron chi connectivity index (χ3n) is 4.51. The Labute approximate surface area is 125 Å². The van der Waals surface area contributed by atoms with E-state index in [4.69, 9.17) is 9.47 Å². The van der Waals surface area contributed by atoms with Gasteiger partial charge in [0.1, 0.15) is 11.9 Å². The molecule has 3 atom stereocenters. The number of hydrogen-bond donors (Lipinski definition) is 1. The largest absolute Gasteiger partial charge is 0.497 e. The van der Waals surface area contributed by atoms with Crippen LogP contribution in [0.1, 0.15) is 25.1 Å². The fourth-order valence-corrected chi connectivity index (χ4v) is 3.23. The quantitative estimate of drug-likeness (QED) is 0.914. The Morgan fingerprint density at radius 3 is 3.05 bits per heavy atom. The zero-order valence-electron chi connectivity index (χ0n) is 12.5. The van der Waals surface area contributed by atoms with Gasteiger partial charge < -0.3 is 14.4 Å². The zero-order chi connectivity index (χ0) is 14.8. The molecule has 1 amide bonds. The van der Waals surface area contributed by atoms with Crippen LogP contribution in [-0.4, -0.2) is 43.7 Å². The number of nitrogens with one attached hydrogen (secondary N) is 1. The first-order valence-electron chi connectivity index (χ1n) is 7.47. The highest BCUT2D eigenvalue weighted by Crippen LogP contribution is 2.31. The van der Waals surface area contributed by atoms with E-state index in [1.807, 2.05) is 29.2 Å². The minimum atomic E-state index is -0.0804. The second-order valence-corrected chi connectivity index (χ2v) is 5.73. The molecule has 1 aromatic carbocycles. The number of ether oxygens (including phenoxy) is 2. The molecular weight excluding hydrogens is 268 g/mol. The van der Waals surface area contributed by atoms with Crippen LogP contribution in [0, 0.1) is 5.92 Å². The number of nitrogens with zero attached hydrogens (tertiary/aromatic N) is 1. The summed E-state index contributed by atoms with van der Waals surface area (Å²) in [4.78, 5) is 14.3. The Balaban J connectivity index is 1.84. The van der Waals surface area contributed by atoms with Gasteiger partial charge in [-0.25, -0.2) is 0 Å². The second-order valence-electron chi connectivity index (χ2n) is 5.73. The minimum absolute atomic E-state index is 0.0804. The van der Waals surface area contributed by atoms with Crippen LogP contribution in [0.5, 0.6) is 5.75 Å². The zero-order valence-corrected chi connectivity index (χ0v) is 12.5. The van der Waals surface area contributed by atoms with Crippen LogP contribution in [0.25, 0.3) is 0 Å². The number of amides is 1. The number of methoxy groups -OCH3 is 1. The van der Waals surface area contributed by atoms with Crippen molar-refractivity contribution in [3.8, 4) is 5.75 Å². The van der Waals surface area contributed by atoms with Gasteiger partial charge in [0, 0.05) is 18.6 Å². The van der Waals surface area contributed by atoms with Gasteiger partial charge in [-0.1, -0.05) is 12.1 Å². The van der Waals surface area contributed by atoms with Gasteiger partial charge in [-0.3, -0.25) is 10.1 Å². The summed E-state index contributed by atoms with van der Waals surface area (Å²) in [6.45, 7) is 4.06. The summed E-state index contributed by atoms with van der Waals surface area (Å²) in [5.41, 5.74) is 1.06. The number of carbonyl (C=O) groups is 1. The molecule has 0 radical (unpaired) electrons. The van der Waals surface area contributed by atoms with E-state index in [9.17, 15) is 4.79 Å². The van der Waals surface area contributed by atoms with Gasteiger partial charge >= 0.3 is 0 Å². The third-order valence-corrected chi connectivity index (χ3v) is 4.51. The van der Waals surface area contributed by atoms with Gasteiger partial charge in [0.25, 0.3) is 0 Å². The van der Waals surface area contributed by atoms with E-state index in [0.29, 0.717) is 12.5 Å². The Bertz CT molecular complexity index is 514. The first kappa shape index (κ1) is 14.4. The third kappa shape index (κ3) is 2.76. The molecule has 2 heterocycles. The summed E-state index contributed by atoms with van der Waals surface area (Å²) in [5.74, 6) is 1.38. The normalized spacial score (nSPS) is 27.1. The molecule has 0 saturated carbocycles. The first-order valence-corrected chi connectivity index (χ1v) is 7.47. The van der Waals surface area contributed by atoms with Crippen LogP contribution in [0.4, 0.5) is 0 Å². The standard InChI is InChI=1S/C16H22N2O3/c1-11(13-6-7-21-10-13)18-15(19)9-17-16(18)12-4-3-5-14(8-12)20-2/h3-5,8,11,13,16-17H,6-7,9-10H2,1-2H3. The van der Waals surface area contributed by atoms with Crippen LogP contribution >= 0.6 is 0 Å². The first-order chi connectivity index (χ1) is 10.2. The average molecular weight is 290 g/mol. The van der Waals surface area contributed by atoms with Crippen LogP contribution < -0.4 is 10.1 Å². The summed E-state index contributed by atoms with van der Waals surface area (Å²) >= 11 is 0. The van der Waals surface area contributed by atoms with E-state index in [-0.39, 0.29) is 18.1 Å². The monoisotopic (exact) mass is 290 g/mol. The van der Waals surface area contributed by atoms with Crippen LogP contribution in [0.15, 0.2) is 24.3 Å². The predicted octanol–water partition coefficient (Wildman–Crippen LogP) is 1.55. The van der Waals surface area contributed by atoms with E-state index in [1.165, 1.54) is 0 Å². The summed E-state index contributed by atoms with van der Waals surface area (Å²) in [7, 11) is 1.66. The van der Waals surface area contributed by atoms with Gasteiger partial charge in [0.2, 0.25) is 5.91 Å². The lowest BCUT2D eigenvalue weighted by molar-refractivity contribution is -0.131. The topological polar surface area (TPSA) is 50.8 Å². The summed E-state index contributed by atoms with van der Waals surface area (Å²) < 4.78 is 10.8. The average Bonchev–Trinajstić information content (AvgIpc) is 3.16. The van der Waals surface area contributed by atoms with Gasteiger partial charge in [0.15, 0.2) is 0 Å². The molecule has 5 heteroatoms. The SMILES string of the molecule is COc1cccc(C2NCC(=O)N2C(C)C2CCOC2)c1. The summed E-state index contributed by atoms with van der Waals surface area (Å²) in [6, 6.07) is 8.07. The van der Waals surface area contributed by atoms with Gasteiger partial charge in [-0.05, 0) is 31.0 Å². The minimum Gasteiger partial charge on any atom is -0.497 e. The molecule has 114 valence electrons. The van der Waals surface area contributed by atoms with E-state index >= 15 is 0 Å². The Morgan fingerprint density at radius 1 is 1.48 bits per heavy atom. The molecular formula is C16H22N2O3. The molecule has 0 spiro atoms. The molecule has 5 nitrogen and oxygen atoms in total. The fraction of sp³-hybridized carbons (Fsp3) is 0.562. The second kappa shape index (κ2) is 6.03. The molecule has 0 bridgehead atoms. The van der Waals surface area contributed by atoms with Crippen molar-refractivity contribution in [2.24, 2.45) is 5.92 Å². The molecule has 21 heavy (non-hydrogen) atoms. The van der Waals surface area contributed by atoms with Crippen molar-refractivity contribution in [3.05, 3.63) is 29.8 Å². The number of carbonyl (C=O) groups excluding carboxylic acids is 1. The van der Waals surface area contributed by atoms with Gasteiger partial charge in [0.05, 0.1) is 20.3 Å². The lowest BCUT2D eigenvalue weighted by Crippen LogP contribution is -2.42. The molecule has 3 unspecified atom stereocenters. The molecule has 2 fully saturated rings. The number of benzene rings is 1. The Hall–Kier alpha value is -1.59. The highest BCUT2D eigenvalue weighted by Gasteiger charge is 2.39. The maximum Gasteiger partial charge on any atom is 0.238 e. The van der Waals surface area contributed by atoms with Crippen molar-refractivity contribution in [2.45, 2.75) is 25.6 Å². The van der Waals surface area contributed by atoms with Crippen molar-refractivity contribution < 1.29 is 14.3 Å². The van der Waals surface area contributed by atoms with E-state index in [2.05, 4.69) is 12.2 Å². The molecule has 3 rings (SSSR count). The molecule has 0 aliphatic carbocycles. The lowest BCUT2D eigenvalue weighted by Gasteiger charge is -2.33. The van der Waals surface area contributed by atoms with Crippen LogP contribution in [-0.2, 0) is 9.53 Å². The van der Waals surface area contributed by atoms with Crippen molar-refractivity contribution >= 4 is 5.91 Å². The molecule has 2 aliphatic heterocycles. The summed E-state index contributed by atoms with van der Waals surface area (Å²) in [5, 5.41) is 3.31. The smallest absolute Gasteiger partial charge is 0.238 e. The Morgan fingerprint density at radius 2 is 2.33 bits per heavy atom. The van der Waals surface area contributed by atoms with Crippen LogP contribution in [0.3, 0.4) is 0 Å². The van der Waals surface area contributed by atoms with E-state index < -0.39 is 0 Å². The van der Waals surface area contributed by atoms with Crippen molar-refractivity contribution in [2.75, 3.05) is 26.9 Å². The molecule has 1 N–H and O–H groups in total.